The van der Waals surface area contributed by atoms with Gasteiger partial charge in [-0.2, -0.15) is 0 Å². The Labute approximate surface area is 112 Å². The molecule has 0 bridgehead atoms. The van der Waals surface area contributed by atoms with Crippen LogP contribution in [0.15, 0.2) is 30.6 Å². The molecule has 1 rings (SSSR count). The summed E-state index contributed by atoms with van der Waals surface area (Å²) in [6, 6.07) is 3.56. The molecule has 0 atom stereocenters. The van der Waals surface area contributed by atoms with Gasteiger partial charge in [0, 0.05) is 24.5 Å². The molecular weight excluding hydrogens is 244 g/mol. The standard InChI is InChI=1S/C14H18N2O3/c1-11(2)16(10-14(18)19-3)13(17)7-6-12-5-4-8-15-9-12/h4-9,11H,10H2,1-3H3/b7-6+. The third-order valence-corrected chi connectivity index (χ3v) is 2.54. The van der Waals surface area contributed by atoms with Crippen molar-refractivity contribution in [3.05, 3.63) is 36.2 Å². The second-order valence-corrected chi connectivity index (χ2v) is 4.26. The lowest BCUT2D eigenvalue weighted by atomic mass is 10.2. The summed E-state index contributed by atoms with van der Waals surface area (Å²) >= 11 is 0. The average molecular weight is 262 g/mol. The fraction of sp³-hybridized carbons (Fsp3) is 0.357. The molecule has 0 saturated carbocycles. The Morgan fingerprint density at radius 3 is 2.74 bits per heavy atom. The first kappa shape index (κ1) is 14.9. The Hall–Kier alpha value is -2.17. The first-order valence-corrected chi connectivity index (χ1v) is 6.00. The van der Waals surface area contributed by atoms with Gasteiger partial charge in [0.05, 0.1) is 7.11 Å². The van der Waals surface area contributed by atoms with Gasteiger partial charge in [0.2, 0.25) is 5.91 Å². The molecule has 0 fully saturated rings. The number of nitrogens with zero attached hydrogens (tertiary/aromatic N) is 2. The first-order valence-electron chi connectivity index (χ1n) is 6.00. The van der Waals surface area contributed by atoms with E-state index in [9.17, 15) is 9.59 Å². The molecule has 1 aromatic heterocycles. The minimum absolute atomic E-state index is 0.0512. The molecule has 0 unspecified atom stereocenters. The Bertz CT molecular complexity index is 455. The van der Waals surface area contributed by atoms with Crippen molar-refractivity contribution < 1.29 is 14.3 Å². The molecule has 1 aromatic rings. The van der Waals surface area contributed by atoms with Crippen molar-refractivity contribution >= 4 is 18.0 Å². The van der Waals surface area contributed by atoms with Crippen LogP contribution in [0.5, 0.6) is 0 Å². The molecule has 0 N–H and O–H groups in total. The van der Waals surface area contributed by atoms with Gasteiger partial charge < -0.3 is 9.64 Å². The van der Waals surface area contributed by atoms with Crippen molar-refractivity contribution in [3.63, 3.8) is 0 Å². The molecule has 5 nitrogen and oxygen atoms in total. The zero-order valence-electron chi connectivity index (χ0n) is 11.4. The van der Waals surface area contributed by atoms with Gasteiger partial charge in [-0.3, -0.25) is 14.6 Å². The first-order chi connectivity index (χ1) is 9.04. The van der Waals surface area contributed by atoms with Crippen molar-refractivity contribution in [2.45, 2.75) is 19.9 Å². The van der Waals surface area contributed by atoms with Crippen LogP contribution in [0.3, 0.4) is 0 Å². The second kappa shape index (κ2) is 7.31. The van der Waals surface area contributed by atoms with Crippen molar-refractivity contribution in [1.29, 1.82) is 0 Å². The van der Waals surface area contributed by atoms with Crippen LogP contribution in [0, 0.1) is 0 Å². The van der Waals surface area contributed by atoms with Gasteiger partial charge in [-0.15, -0.1) is 0 Å². The normalized spacial score (nSPS) is 10.7. The lowest BCUT2D eigenvalue weighted by Crippen LogP contribution is -2.40. The largest absolute Gasteiger partial charge is 0.468 e. The van der Waals surface area contributed by atoms with Gasteiger partial charge in [0.1, 0.15) is 6.54 Å². The van der Waals surface area contributed by atoms with Crippen LogP contribution in [-0.4, -0.2) is 41.5 Å². The van der Waals surface area contributed by atoms with E-state index in [0.717, 1.165) is 5.56 Å². The summed E-state index contributed by atoms with van der Waals surface area (Å²) in [4.78, 5) is 28.7. The summed E-state index contributed by atoms with van der Waals surface area (Å²) in [7, 11) is 1.30. The third-order valence-electron chi connectivity index (χ3n) is 2.54. The van der Waals surface area contributed by atoms with Gasteiger partial charge in [0.25, 0.3) is 0 Å². The predicted octanol–water partition coefficient (Wildman–Crippen LogP) is 1.50. The van der Waals surface area contributed by atoms with Crippen LogP contribution in [0.2, 0.25) is 0 Å². The minimum atomic E-state index is -0.433. The Balaban J connectivity index is 2.72. The quantitative estimate of drug-likeness (QED) is 0.596. The molecule has 0 aliphatic heterocycles. The van der Waals surface area contributed by atoms with E-state index < -0.39 is 5.97 Å². The van der Waals surface area contributed by atoms with Crippen LogP contribution in [-0.2, 0) is 14.3 Å². The lowest BCUT2D eigenvalue weighted by molar-refractivity contribution is -0.146. The van der Waals surface area contributed by atoms with E-state index in [4.69, 9.17) is 0 Å². The molecule has 0 saturated heterocycles. The highest BCUT2D eigenvalue weighted by Gasteiger charge is 2.18. The van der Waals surface area contributed by atoms with Crippen molar-refractivity contribution in [1.82, 2.24) is 9.88 Å². The maximum absolute atomic E-state index is 12.0. The summed E-state index contributed by atoms with van der Waals surface area (Å²) in [6.07, 6.45) is 6.42. The highest BCUT2D eigenvalue weighted by molar-refractivity contribution is 5.93. The molecule has 102 valence electrons. The summed E-state index contributed by atoms with van der Waals surface area (Å²) in [6.45, 7) is 3.64. The van der Waals surface area contributed by atoms with Crippen LogP contribution in [0.1, 0.15) is 19.4 Å². The minimum Gasteiger partial charge on any atom is -0.468 e. The molecule has 19 heavy (non-hydrogen) atoms. The number of carbonyl (C=O) groups is 2. The molecule has 1 heterocycles. The highest BCUT2D eigenvalue weighted by Crippen LogP contribution is 2.04. The van der Waals surface area contributed by atoms with Crippen molar-refractivity contribution in [2.75, 3.05) is 13.7 Å². The molecular formula is C14H18N2O3. The van der Waals surface area contributed by atoms with E-state index in [1.807, 2.05) is 19.9 Å². The summed E-state index contributed by atoms with van der Waals surface area (Å²) in [5.41, 5.74) is 0.831. The molecule has 0 aromatic carbocycles. The lowest BCUT2D eigenvalue weighted by Gasteiger charge is -2.23. The summed E-state index contributed by atoms with van der Waals surface area (Å²) < 4.78 is 4.58. The number of methoxy groups -OCH3 is 1. The third kappa shape index (κ3) is 4.91. The number of esters is 1. The van der Waals surface area contributed by atoms with E-state index in [0.29, 0.717) is 0 Å². The fourth-order valence-corrected chi connectivity index (χ4v) is 1.46. The Morgan fingerprint density at radius 1 is 1.47 bits per heavy atom. The Morgan fingerprint density at radius 2 is 2.21 bits per heavy atom. The van der Waals surface area contributed by atoms with Crippen LogP contribution in [0.25, 0.3) is 6.08 Å². The van der Waals surface area contributed by atoms with E-state index in [1.54, 1.807) is 24.5 Å². The number of rotatable bonds is 5. The van der Waals surface area contributed by atoms with E-state index in [-0.39, 0.29) is 18.5 Å². The second-order valence-electron chi connectivity index (χ2n) is 4.26. The number of hydrogen-bond acceptors (Lipinski definition) is 4. The summed E-state index contributed by atoms with van der Waals surface area (Å²) in [5, 5.41) is 0. The molecule has 0 aliphatic rings. The van der Waals surface area contributed by atoms with E-state index >= 15 is 0 Å². The number of amides is 1. The fourth-order valence-electron chi connectivity index (χ4n) is 1.46. The van der Waals surface area contributed by atoms with Gasteiger partial charge in [0.15, 0.2) is 0 Å². The van der Waals surface area contributed by atoms with Crippen LogP contribution >= 0.6 is 0 Å². The van der Waals surface area contributed by atoms with Gasteiger partial charge in [-0.1, -0.05) is 6.07 Å². The Kier molecular flexibility index (Phi) is 5.73. The number of hydrogen-bond donors (Lipinski definition) is 0. The van der Waals surface area contributed by atoms with E-state index in [1.165, 1.54) is 18.1 Å². The van der Waals surface area contributed by atoms with Gasteiger partial charge >= 0.3 is 5.97 Å². The zero-order chi connectivity index (χ0) is 14.3. The number of carbonyl (C=O) groups excluding carboxylic acids is 2. The maximum atomic E-state index is 12.0. The maximum Gasteiger partial charge on any atom is 0.325 e. The molecule has 0 aliphatic carbocycles. The molecule has 5 heteroatoms. The zero-order valence-corrected chi connectivity index (χ0v) is 11.4. The SMILES string of the molecule is COC(=O)CN(C(=O)/C=C/c1cccnc1)C(C)C. The van der Waals surface area contributed by atoms with Gasteiger partial charge in [-0.25, -0.2) is 0 Å². The number of aromatic nitrogens is 1. The van der Waals surface area contributed by atoms with Gasteiger partial charge in [-0.05, 0) is 31.6 Å². The number of ether oxygens (including phenoxy) is 1. The van der Waals surface area contributed by atoms with E-state index in [2.05, 4.69) is 9.72 Å². The van der Waals surface area contributed by atoms with Crippen LogP contribution < -0.4 is 0 Å². The molecule has 1 amide bonds. The number of pyridine rings is 1. The molecule has 0 spiro atoms. The van der Waals surface area contributed by atoms with Crippen LogP contribution in [0.4, 0.5) is 0 Å². The smallest absolute Gasteiger partial charge is 0.325 e. The average Bonchev–Trinajstić information content (AvgIpc) is 2.42. The summed E-state index contributed by atoms with van der Waals surface area (Å²) in [5.74, 6) is -0.666. The highest BCUT2D eigenvalue weighted by atomic mass is 16.5. The topological polar surface area (TPSA) is 59.5 Å². The predicted molar refractivity (Wildman–Crippen MR) is 72.1 cm³/mol. The monoisotopic (exact) mass is 262 g/mol. The van der Waals surface area contributed by atoms with Crippen molar-refractivity contribution in [2.24, 2.45) is 0 Å². The van der Waals surface area contributed by atoms with Crippen molar-refractivity contribution in [3.8, 4) is 0 Å². The molecule has 0 radical (unpaired) electrons.